The summed E-state index contributed by atoms with van der Waals surface area (Å²) >= 11 is 0. The van der Waals surface area contributed by atoms with Crippen LogP contribution in [0, 0.1) is 10.1 Å². The average molecular weight is 406 g/mol. The molecule has 0 aliphatic rings. The smallest absolute Gasteiger partial charge is 0.269 e. The molecular weight excluding hydrogens is 391 g/mol. The molecule has 0 radical (unpaired) electrons. The lowest BCUT2D eigenvalue weighted by atomic mass is 10.0. The van der Waals surface area contributed by atoms with Crippen molar-refractivity contribution in [3.05, 3.63) is 82.2 Å². The van der Waals surface area contributed by atoms with Crippen LogP contribution in [0.4, 0.5) is 5.69 Å². The summed E-state index contributed by atoms with van der Waals surface area (Å²) in [6.07, 6.45) is 2.79. The van der Waals surface area contributed by atoms with Crippen molar-refractivity contribution >= 4 is 16.5 Å². The first-order valence-corrected chi connectivity index (χ1v) is 6.75. The Morgan fingerprint density at radius 3 is 2.41 bits per heavy atom. The summed E-state index contributed by atoms with van der Waals surface area (Å²) in [6.45, 7) is 0. The molecule has 0 atom stereocenters. The minimum absolute atomic E-state index is 0. The molecule has 1 heterocycles. The van der Waals surface area contributed by atoms with Gasteiger partial charge in [0.2, 0.25) is 0 Å². The quantitative estimate of drug-likeness (QED) is 0.270. The van der Waals surface area contributed by atoms with Crippen LogP contribution >= 0.6 is 0 Å². The second kappa shape index (κ2) is 6.83. The van der Waals surface area contributed by atoms with E-state index in [1.54, 1.807) is 12.1 Å². The zero-order valence-electron chi connectivity index (χ0n) is 12.1. The zero-order chi connectivity index (χ0) is 14.8. The maximum absolute atomic E-state index is 10.7. The molecule has 1 aromatic heterocycles. The van der Waals surface area contributed by atoms with E-state index < -0.39 is 0 Å². The normalized spacial score (nSPS) is 10.2. The molecule has 0 amide bonds. The van der Waals surface area contributed by atoms with Crippen molar-refractivity contribution in [2.45, 2.75) is 6.42 Å². The third-order valence-electron chi connectivity index (χ3n) is 3.69. The molecule has 5 heteroatoms. The van der Waals surface area contributed by atoms with E-state index in [1.165, 1.54) is 16.5 Å². The number of nitro groups is 1. The van der Waals surface area contributed by atoms with Gasteiger partial charge in [0.25, 0.3) is 5.69 Å². The minimum atomic E-state index is -0.373. The van der Waals surface area contributed by atoms with E-state index in [-0.39, 0.29) is 34.6 Å². The van der Waals surface area contributed by atoms with Crippen molar-refractivity contribution in [3.63, 3.8) is 0 Å². The fraction of sp³-hybridized carbons (Fsp3) is 0.118. The van der Waals surface area contributed by atoms with Crippen LogP contribution in [0.15, 0.2) is 60.8 Å². The lowest BCUT2D eigenvalue weighted by Crippen LogP contribution is -3.00. The van der Waals surface area contributed by atoms with Crippen LogP contribution in [0.2, 0.25) is 0 Å². The average Bonchev–Trinajstić information content (AvgIpc) is 2.51. The van der Waals surface area contributed by atoms with Gasteiger partial charge in [-0.15, -0.1) is 0 Å². The van der Waals surface area contributed by atoms with Crippen LogP contribution in [0.25, 0.3) is 10.8 Å². The van der Waals surface area contributed by atoms with Crippen molar-refractivity contribution in [3.8, 4) is 0 Å². The highest BCUT2D eigenvalue weighted by Gasteiger charge is 2.13. The number of nitro benzene ring substituents is 1. The Bertz CT molecular complexity index is 817. The first-order valence-electron chi connectivity index (χ1n) is 6.75. The summed E-state index contributed by atoms with van der Waals surface area (Å²) in [4.78, 5) is 10.3. The van der Waals surface area contributed by atoms with Crippen molar-refractivity contribution in [1.29, 1.82) is 0 Å². The van der Waals surface area contributed by atoms with Gasteiger partial charge < -0.3 is 24.0 Å². The number of fused-ring (bicyclic) bond motifs is 1. The minimum Gasteiger partial charge on any atom is -1.00 e. The molecule has 0 spiro atoms. The van der Waals surface area contributed by atoms with Crippen molar-refractivity contribution in [2.75, 3.05) is 0 Å². The van der Waals surface area contributed by atoms with Gasteiger partial charge in [-0.1, -0.05) is 30.3 Å². The van der Waals surface area contributed by atoms with Crippen molar-refractivity contribution in [2.24, 2.45) is 7.05 Å². The molecule has 0 saturated heterocycles. The number of pyridine rings is 1. The first kappa shape index (κ1) is 16.4. The molecule has 2 aromatic carbocycles. The third kappa shape index (κ3) is 3.24. The molecule has 0 aliphatic heterocycles. The molecule has 0 fully saturated rings. The Kier molecular flexibility index (Phi) is 5.07. The standard InChI is InChI=1S/C17H15N2O2.HI/c1-18-11-10-14-4-2-3-5-16(14)17(18)12-13-6-8-15(9-7-13)19(20)21;/h2-11H,12H2,1H3;1H/q+1;/p-1. The predicted octanol–water partition coefficient (Wildman–Crippen LogP) is 0.167. The highest BCUT2D eigenvalue weighted by Crippen LogP contribution is 2.19. The van der Waals surface area contributed by atoms with Gasteiger partial charge in [-0.3, -0.25) is 10.1 Å². The van der Waals surface area contributed by atoms with Gasteiger partial charge in [0.15, 0.2) is 11.9 Å². The molecule has 4 nitrogen and oxygen atoms in total. The number of benzene rings is 2. The summed E-state index contributed by atoms with van der Waals surface area (Å²) in [7, 11) is 2.02. The largest absolute Gasteiger partial charge is 1.00 e. The molecule has 112 valence electrons. The van der Waals surface area contributed by atoms with Gasteiger partial charge in [0.05, 0.1) is 11.3 Å². The highest BCUT2D eigenvalue weighted by molar-refractivity contribution is 5.83. The Hall–Kier alpha value is -2.02. The van der Waals surface area contributed by atoms with Gasteiger partial charge >= 0.3 is 0 Å². The summed E-state index contributed by atoms with van der Waals surface area (Å²) in [5, 5.41) is 13.1. The van der Waals surface area contributed by atoms with E-state index in [0.29, 0.717) is 0 Å². The van der Waals surface area contributed by atoms with Crippen molar-refractivity contribution < 1.29 is 33.5 Å². The van der Waals surface area contributed by atoms with Crippen LogP contribution in [0.3, 0.4) is 0 Å². The van der Waals surface area contributed by atoms with E-state index in [2.05, 4.69) is 22.8 Å². The fourth-order valence-electron chi connectivity index (χ4n) is 2.53. The SMILES string of the molecule is C[n+]1ccc2ccccc2c1Cc1ccc([N+](=O)[O-])cc1.[I-]. The Morgan fingerprint density at radius 2 is 1.73 bits per heavy atom. The summed E-state index contributed by atoms with van der Waals surface area (Å²) in [6, 6.07) is 17.1. The van der Waals surface area contributed by atoms with Gasteiger partial charge in [-0.2, -0.15) is 0 Å². The van der Waals surface area contributed by atoms with Gasteiger partial charge in [0.1, 0.15) is 7.05 Å². The lowest BCUT2D eigenvalue weighted by Gasteiger charge is -2.05. The fourth-order valence-corrected chi connectivity index (χ4v) is 2.53. The number of rotatable bonds is 3. The molecule has 0 saturated carbocycles. The number of hydrogen-bond donors (Lipinski definition) is 0. The van der Waals surface area contributed by atoms with E-state index in [4.69, 9.17) is 0 Å². The Labute approximate surface area is 145 Å². The molecular formula is C17H15IN2O2. The van der Waals surface area contributed by atoms with Crippen LogP contribution in [0.1, 0.15) is 11.3 Å². The third-order valence-corrected chi connectivity index (χ3v) is 3.69. The van der Waals surface area contributed by atoms with E-state index in [1.807, 2.05) is 37.5 Å². The number of hydrogen-bond acceptors (Lipinski definition) is 2. The molecule has 0 aliphatic carbocycles. The summed E-state index contributed by atoms with van der Waals surface area (Å²) in [5.74, 6) is 0. The Morgan fingerprint density at radius 1 is 1.05 bits per heavy atom. The van der Waals surface area contributed by atoms with Gasteiger partial charge in [-0.25, -0.2) is 4.57 Å². The van der Waals surface area contributed by atoms with E-state index >= 15 is 0 Å². The maximum Gasteiger partial charge on any atom is 0.269 e. The van der Waals surface area contributed by atoms with Crippen LogP contribution in [-0.4, -0.2) is 4.92 Å². The second-order valence-electron chi connectivity index (χ2n) is 5.06. The van der Waals surface area contributed by atoms with Crippen LogP contribution in [-0.2, 0) is 13.5 Å². The monoisotopic (exact) mass is 406 g/mol. The summed E-state index contributed by atoms with van der Waals surface area (Å²) < 4.78 is 2.10. The topological polar surface area (TPSA) is 47.0 Å². The van der Waals surface area contributed by atoms with Crippen LogP contribution in [0.5, 0.6) is 0 Å². The maximum atomic E-state index is 10.7. The number of non-ortho nitro benzene ring substituents is 1. The molecule has 22 heavy (non-hydrogen) atoms. The van der Waals surface area contributed by atoms with E-state index in [0.717, 1.165) is 12.0 Å². The molecule has 0 N–H and O–H groups in total. The molecule has 3 aromatic rings. The Balaban J connectivity index is 0.00000176. The zero-order valence-corrected chi connectivity index (χ0v) is 14.2. The van der Waals surface area contributed by atoms with Gasteiger partial charge in [0, 0.05) is 23.6 Å². The van der Waals surface area contributed by atoms with Crippen LogP contribution < -0.4 is 28.5 Å². The number of nitrogens with zero attached hydrogens (tertiary/aromatic N) is 2. The number of aromatic nitrogens is 1. The number of halogens is 1. The highest BCUT2D eigenvalue weighted by atomic mass is 127. The van der Waals surface area contributed by atoms with Gasteiger partial charge in [-0.05, 0) is 17.0 Å². The van der Waals surface area contributed by atoms with E-state index in [9.17, 15) is 10.1 Å². The molecule has 0 unspecified atom stereocenters. The predicted molar refractivity (Wildman–Crippen MR) is 81.0 cm³/mol. The number of aryl methyl sites for hydroxylation is 1. The lowest BCUT2D eigenvalue weighted by molar-refractivity contribution is -0.677. The summed E-state index contributed by atoms with van der Waals surface area (Å²) in [5.41, 5.74) is 2.38. The molecule has 3 rings (SSSR count). The first-order chi connectivity index (χ1) is 10.1. The molecule has 0 bridgehead atoms. The second-order valence-corrected chi connectivity index (χ2v) is 5.06. The van der Waals surface area contributed by atoms with Crippen molar-refractivity contribution in [1.82, 2.24) is 0 Å².